The molecular formula is C20H31N3O6S. The van der Waals surface area contributed by atoms with Crippen LogP contribution in [0.15, 0.2) is 29.2 Å². The monoisotopic (exact) mass is 441 g/mol. The van der Waals surface area contributed by atoms with E-state index in [2.05, 4.69) is 10.6 Å². The van der Waals surface area contributed by atoms with Crippen molar-refractivity contribution in [3.63, 3.8) is 0 Å². The van der Waals surface area contributed by atoms with Crippen LogP contribution in [0, 0.1) is 0 Å². The topological polar surface area (TPSA) is 114 Å². The Bertz CT molecular complexity index is 825. The van der Waals surface area contributed by atoms with Crippen LogP contribution in [0.25, 0.3) is 0 Å². The average Bonchev–Trinajstić information content (AvgIpc) is 2.67. The molecule has 0 bridgehead atoms. The van der Waals surface area contributed by atoms with Crippen LogP contribution in [0.1, 0.15) is 40.0 Å². The minimum Gasteiger partial charge on any atom is -0.497 e. The van der Waals surface area contributed by atoms with Gasteiger partial charge in [-0.2, -0.15) is 4.31 Å². The van der Waals surface area contributed by atoms with Gasteiger partial charge >= 0.3 is 6.09 Å². The summed E-state index contributed by atoms with van der Waals surface area (Å²) in [6, 6.07) is 6.19. The number of carbonyl (C=O) groups excluding carboxylic acids is 2. The molecule has 0 spiro atoms. The van der Waals surface area contributed by atoms with Crippen LogP contribution in [0.5, 0.6) is 5.75 Å². The molecule has 0 unspecified atom stereocenters. The lowest BCUT2D eigenvalue weighted by molar-refractivity contribution is -0.121. The van der Waals surface area contributed by atoms with Crippen LogP contribution < -0.4 is 15.4 Å². The number of piperidine rings is 1. The SMILES string of the molecule is COc1ccc(S(=O)(=O)N2CCC(NC(=O)CCNC(=O)OC(C)(C)C)CC2)cc1. The lowest BCUT2D eigenvalue weighted by Crippen LogP contribution is -2.47. The third-order valence-electron chi connectivity index (χ3n) is 4.54. The summed E-state index contributed by atoms with van der Waals surface area (Å²) in [5, 5.41) is 5.44. The molecule has 9 nitrogen and oxygen atoms in total. The Morgan fingerprint density at radius 2 is 1.73 bits per heavy atom. The summed E-state index contributed by atoms with van der Waals surface area (Å²) in [7, 11) is -2.05. The Hall–Kier alpha value is -2.33. The van der Waals surface area contributed by atoms with Crippen molar-refractivity contribution in [1.82, 2.24) is 14.9 Å². The number of nitrogens with one attached hydrogen (secondary N) is 2. The third kappa shape index (κ3) is 7.17. The van der Waals surface area contributed by atoms with Gasteiger partial charge in [-0.1, -0.05) is 0 Å². The van der Waals surface area contributed by atoms with Crippen LogP contribution >= 0.6 is 0 Å². The van der Waals surface area contributed by atoms with Crippen molar-refractivity contribution in [2.75, 3.05) is 26.7 Å². The van der Waals surface area contributed by atoms with Crippen LogP contribution in [-0.4, -0.2) is 63.1 Å². The number of carbonyl (C=O) groups is 2. The predicted octanol–water partition coefficient (Wildman–Crippen LogP) is 1.88. The molecule has 1 aliphatic rings. The van der Waals surface area contributed by atoms with Gasteiger partial charge in [0.15, 0.2) is 0 Å². The smallest absolute Gasteiger partial charge is 0.407 e. The van der Waals surface area contributed by atoms with Gasteiger partial charge in [0.2, 0.25) is 15.9 Å². The first-order chi connectivity index (χ1) is 14.0. The minimum absolute atomic E-state index is 0.0960. The van der Waals surface area contributed by atoms with E-state index in [4.69, 9.17) is 9.47 Å². The fourth-order valence-electron chi connectivity index (χ4n) is 3.03. The lowest BCUT2D eigenvalue weighted by Gasteiger charge is -2.31. The number of hydrogen-bond donors (Lipinski definition) is 2. The minimum atomic E-state index is -3.57. The van der Waals surface area contributed by atoms with E-state index in [1.807, 2.05) is 0 Å². The zero-order chi connectivity index (χ0) is 22.4. The number of benzene rings is 1. The van der Waals surface area contributed by atoms with Crippen molar-refractivity contribution in [3.05, 3.63) is 24.3 Å². The molecule has 1 heterocycles. The summed E-state index contributed by atoms with van der Waals surface area (Å²) in [5.74, 6) is 0.402. The highest BCUT2D eigenvalue weighted by atomic mass is 32.2. The maximum Gasteiger partial charge on any atom is 0.407 e. The first-order valence-electron chi connectivity index (χ1n) is 9.92. The van der Waals surface area contributed by atoms with E-state index in [-0.39, 0.29) is 29.8 Å². The third-order valence-corrected chi connectivity index (χ3v) is 6.45. The number of rotatable bonds is 7. The Kier molecular flexibility index (Phi) is 8.08. The van der Waals surface area contributed by atoms with Gasteiger partial charge in [-0.3, -0.25) is 4.79 Å². The lowest BCUT2D eigenvalue weighted by atomic mass is 10.1. The van der Waals surface area contributed by atoms with E-state index in [9.17, 15) is 18.0 Å². The van der Waals surface area contributed by atoms with Crippen molar-refractivity contribution in [2.24, 2.45) is 0 Å². The molecule has 0 saturated carbocycles. The highest BCUT2D eigenvalue weighted by Crippen LogP contribution is 2.22. The van der Waals surface area contributed by atoms with Gasteiger partial charge in [0.25, 0.3) is 0 Å². The maximum atomic E-state index is 12.8. The summed E-state index contributed by atoms with van der Waals surface area (Å²) in [6.07, 6.45) is 0.623. The largest absolute Gasteiger partial charge is 0.497 e. The first kappa shape index (κ1) is 23.9. The molecule has 1 saturated heterocycles. The quantitative estimate of drug-likeness (QED) is 0.668. The molecule has 1 fully saturated rings. The number of methoxy groups -OCH3 is 1. The molecular weight excluding hydrogens is 410 g/mol. The molecule has 0 aliphatic carbocycles. The van der Waals surface area contributed by atoms with Gasteiger partial charge < -0.3 is 20.1 Å². The van der Waals surface area contributed by atoms with Crippen molar-refractivity contribution < 1.29 is 27.5 Å². The molecule has 2 N–H and O–H groups in total. The molecule has 168 valence electrons. The number of nitrogens with zero attached hydrogens (tertiary/aromatic N) is 1. The average molecular weight is 442 g/mol. The standard InChI is InChI=1S/C20H31N3O6S/c1-20(2,3)29-19(25)21-12-9-18(24)22-15-10-13-23(14-11-15)30(26,27)17-7-5-16(28-4)6-8-17/h5-8,15H,9-14H2,1-4H3,(H,21,25)(H,22,24). The summed E-state index contributed by atoms with van der Waals surface area (Å²) in [5.41, 5.74) is -0.591. The summed E-state index contributed by atoms with van der Waals surface area (Å²) < 4.78 is 37.1. The van der Waals surface area contributed by atoms with E-state index in [0.29, 0.717) is 31.7 Å². The second-order valence-electron chi connectivity index (χ2n) is 8.10. The van der Waals surface area contributed by atoms with Gasteiger partial charge in [-0.05, 0) is 57.9 Å². The fraction of sp³-hybridized carbons (Fsp3) is 0.600. The van der Waals surface area contributed by atoms with Crippen LogP contribution in [0.2, 0.25) is 0 Å². The van der Waals surface area contributed by atoms with E-state index >= 15 is 0 Å². The maximum absolute atomic E-state index is 12.8. The molecule has 0 radical (unpaired) electrons. The van der Waals surface area contributed by atoms with Crippen LogP contribution in [0.4, 0.5) is 4.79 Å². The molecule has 2 amide bonds. The second-order valence-corrected chi connectivity index (χ2v) is 10.0. The zero-order valence-electron chi connectivity index (χ0n) is 17.9. The number of hydrogen-bond acceptors (Lipinski definition) is 6. The predicted molar refractivity (Wildman–Crippen MR) is 112 cm³/mol. The van der Waals surface area contributed by atoms with Crippen molar-refractivity contribution in [3.8, 4) is 5.75 Å². The highest BCUT2D eigenvalue weighted by Gasteiger charge is 2.30. The van der Waals surface area contributed by atoms with Crippen molar-refractivity contribution in [2.45, 2.75) is 56.6 Å². The van der Waals surface area contributed by atoms with E-state index in [1.165, 1.54) is 23.5 Å². The summed E-state index contributed by atoms with van der Waals surface area (Å²) >= 11 is 0. The van der Waals surface area contributed by atoms with Gasteiger partial charge in [0, 0.05) is 32.1 Å². The van der Waals surface area contributed by atoms with Crippen LogP contribution in [0.3, 0.4) is 0 Å². The van der Waals surface area contributed by atoms with Gasteiger partial charge in [-0.15, -0.1) is 0 Å². The van der Waals surface area contributed by atoms with E-state index in [0.717, 1.165) is 0 Å². The first-order valence-corrected chi connectivity index (χ1v) is 11.4. The number of sulfonamides is 1. The number of amides is 2. The fourth-order valence-corrected chi connectivity index (χ4v) is 4.50. The molecule has 0 atom stereocenters. The Morgan fingerprint density at radius 3 is 2.27 bits per heavy atom. The Morgan fingerprint density at radius 1 is 1.13 bits per heavy atom. The Labute approximate surface area is 178 Å². The Balaban J connectivity index is 1.75. The van der Waals surface area contributed by atoms with Crippen molar-refractivity contribution >= 4 is 22.0 Å². The normalized spacial score (nSPS) is 16.0. The van der Waals surface area contributed by atoms with E-state index in [1.54, 1.807) is 32.9 Å². The molecule has 10 heteroatoms. The van der Waals surface area contributed by atoms with Crippen molar-refractivity contribution in [1.29, 1.82) is 0 Å². The summed E-state index contributed by atoms with van der Waals surface area (Å²) in [6.45, 7) is 6.12. The zero-order valence-corrected chi connectivity index (χ0v) is 18.8. The molecule has 30 heavy (non-hydrogen) atoms. The van der Waals surface area contributed by atoms with Gasteiger partial charge in [0.1, 0.15) is 11.4 Å². The van der Waals surface area contributed by atoms with E-state index < -0.39 is 21.7 Å². The molecule has 1 aromatic carbocycles. The molecule has 0 aromatic heterocycles. The molecule has 2 rings (SSSR count). The van der Waals surface area contributed by atoms with Crippen LogP contribution in [-0.2, 0) is 19.6 Å². The molecule has 1 aliphatic heterocycles. The molecule has 1 aromatic rings. The number of ether oxygens (including phenoxy) is 2. The van der Waals surface area contributed by atoms with Gasteiger partial charge in [-0.25, -0.2) is 13.2 Å². The number of alkyl carbamates (subject to hydrolysis) is 1. The second kappa shape index (κ2) is 10.1. The highest BCUT2D eigenvalue weighted by molar-refractivity contribution is 7.89. The van der Waals surface area contributed by atoms with Gasteiger partial charge in [0.05, 0.1) is 12.0 Å². The summed E-state index contributed by atoms with van der Waals surface area (Å²) in [4.78, 5) is 23.9.